The van der Waals surface area contributed by atoms with Gasteiger partial charge in [-0.25, -0.2) is 33.9 Å². The van der Waals surface area contributed by atoms with Crippen LogP contribution in [0, 0.1) is 139 Å². The van der Waals surface area contributed by atoms with E-state index in [0.717, 1.165) is 75.5 Å². The number of aromatic amines is 1. The largest absolute Gasteiger partial charge is 0.541 e. The number of pyridine rings is 13. The molecule has 19 rings (SSSR count). The van der Waals surface area contributed by atoms with Crippen molar-refractivity contribution >= 4 is 5.97 Å². The SMILES string of the molecule is C1=CC(c2ccccn2)[CH-]N1.Cc1cccc(-c2[c-]c(F)c(F)cc2F)n1.Cc1ccnc(-c2[c-]cc(F)cc2F)c1.Fc1[c-]c(-c2ccccn2)c(F)cc1F.Fc1ccnc(-c2[c-]cc(F)cc2F)c1.Fc1ccnc(-c2[c-]ccnc2)c1.O=C(O)c1ccccn1.[Ir].[Ir].[Ir].[Ir].[Ir].[Ir].[Ir].[Ir].[Ir].[c-]1c[nH]cc1-c1ccccn1.[c-]1cccnc1-c1ccccn1.[c-]1cnccc1-c1ccccn1. The van der Waals surface area contributed by atoms with Crippen molar-refractivity contribution in [3.63, 3.8) is 0 Å². The van der Waals surface area contributed by atoms with E-state index in [1.54, 1.807) is 117 Å². The first-order valence-corrected chi connectivity index (χ1v) is 38.1. The van der Waals surface area contributed by atoms with E-state index in [-0.39, 0.29) is 232 Å². The average Bonchev–Trinajstić information content (AvgIpc) is 1.05. The van der Waals surface area contributed by atoms with Gasteiger partial charge in [0.1, 0.15) is 17.3 Å². The first-order valence-electron chi connectivity index (χ1n) is 38.1. The summed E-state index contributed by atoms with van der Waals surface area (Å²) in [5.74, 6) is -11.0. The first kappa shape index (κ1) is 125. The third-order valence-electron chi connectivity index (χ3n) is 16.5. The van der Waals surface area contributed by atoms with Gasteiger partial charge in [0.25, 0.3) is 0 Å². The van der Waals surface area contributed by atoms with Gasteiger partial charge in [-0.1, -0.05) is 174 Å². The summed E-state index contributed by atoms with van der Waals surface area (Å²) in [6.45, 7) is 5.62. The topological polar surface area (TPSA) is 233 Å². The third-order valence-corrected chi connectivity index (χ3v) is 16.5. The molecule has 18 aromatic rings. The van der Waals surface area contributed by atoms with Crippen LogP contribution in [0.1, 0.15) is 33.4 Å². The predicted molar refractivity (Wildman–Crippen MR) is 460 cm³/mol. The number of aromatic carboxylic acids is 1. The summed E-state index contributed by atoms with van der Waals surface area (Å²) in [6, 6.07) is 78.8. The molecule has 9 radical (unpaired) electrons. The van der Waals surface area contributed by atoms with Gasteiger partial charge in [-0.3, -0.25) is 50.1 Å². The minimum Gasteiger partial charge on any atom is -0.541 e. The van der Waals surface area contributed by atoms with Crippen molar-refractivity contribution in [1.82, 2.24) is 75.1 Å². The summed E-state index contributed by atoms with van der Waals surface area (Å²) in [5, 5.41) is 11.3. The maximum Gasteiger partial charge on any atom is 0.354 e. The van der Waals surface area contributed by atoms with Crippen LogP contribution in [0.4, 0.5) is 52.7 Å². The van der Waals surface area contributed by atoms with Crippen LogP contribution in [0.2, 0.25) is 0 Å². The van der Waals surface area contributed by atoms with Gasteiger partial charge in [0.05, 0.1) is 23.3 Å². The fraction of sp³-hybridized carbons (Fsp3) is 0.0300. The summed E-state index contributed by atoms with van der Waals surface area (Å²) >= 11 is 0. The molecule has 1 atom stereocenters. The molecule has 3 N–H and O–H groups in total. The van der Waals surface area contributed by atoms with Gasteiger partial charge < -0.3 is 60.3 Å². The van der Waals surface area contributed by atoms with E-state index in [0.29, 0.717) is 46.8 Å². The Labute approximate surface area is 908 Å². The number of rotatable bonds is 10. The molecule has 14 aromatic heterocycles. The molecule has 1 aliphatic rings. The number of carboxylic acid groups (broad SMARTS) is 1. The van der Waals surface area contributed by atoms with Crippen molar-refractivity contribution in [3.05, 3.63) is 483 Å². The number of H-pyrrole nitrogens is 1. The predicted octanol–water partition coefficient (Wildman–Crippen LogP) is 22.4. The number of hydrogen-bond donors (Lipinski definition) is 3. The molecule has 0 fully saturated rings. The van der Waals surface area contributed by atoms with Crippen LogP contribution in [-0.2, 0) is 181 Å². The zero-order valence-corrected chi connectivity index (χ0v) is 92.2. The number of carboxylic acids is 1. The van der Waals surface area contributed by atoms with E-state index in [2.05, 4.69) is 118 Å². The Morgan fingerprint density at radius 3 is 1.29 bits per heavy atom. The van der Waals surface area contributed by atoms with Gasteiger partial charge >= 0.3 is 5.97 Å². The number of aromatic nitrogens is 14. The smallest absolute Gasteiger partial charge is 0.354 e. The minimum atomic E-state index is -1.26. The monoisotopic (exact) mass is 3470 g/mol. The second-order valence-electron chi connectivity index (χ2n) is 25.8. The van der Waals surface area contributed by atoms with Crippen LogP contribution >= 0.6 is 0 Å². The summed E-state index contributed by atoms with van der Waals surface area (Å²) in [7, 11) is 0. The standard InChI is InChI=1S/C12H7F3N.C12H8F2N.2C11H5F3N.C10H6FN2.2C10H7N2.C9H9N2.C9H7N2.C6H5NO2.9Ir/c1-7-3-2-4-12(16-7)8-5-10(14)11(15)6-9(8)13;1-8-4-5-15-12(6-8)10-3-2-9(13)7-11(10)14;12-7-1-2-9(10(14)5-7)11-6-8(13)3-4-15-11;12-8-6-10(14)9(13)5-7(8)11-3-1-2-4-15-11;11-9-3-5-13-10(6-9)8-2-1-4-12-7-8;1-3-7-11-9(5-1)10-6-2-4-8-12-10;1-2-6-12-10(3-1)9-4-7-11-8-5-9;2*1-2-5-11-9(3-1)8-4-6-10-7-8;8-6(9)5-3-1-2-4-7-5;;;;;;;;;/h2-4,6H,1H3;2,4-7H,1H3;1,3-6H;1-4,6H;1,3-7H;1-5,7-8H;1-4,6-8H;1-8,10H;1-3,5-7,10H;1-4H,(H,8,9);;;;;;;;;/q9*-1;;;;;;;;;;. The average molecular weight is 3470 g/mol. The van der Waals surface area contributed by atoms with Gasteiger partial charge in [-0.2, -0.15) is 35.4 Å². The molecule has 138 heavy (non-hydrogen) atoms. The molecule has 0 amide bonds. The summed E-state index contributed by atoms with van der Waals surface area (Å²) in [5.41, 5.74) is 10.4. The van der Waals surface area contributed by atoms with E-state index in [1.807, 2.05) is 141 Å². The van der Waals surface area contributed by atoms with E-state index in [9.17, 15) is 57.5 Å². The fourth-order valence-electron chi connectivity index (χ4n) is 10.6. The molecular formula is C100H66F12Ir9N15O2-9. The molecule has 17 nitrogen and oxygen atoms in total. The van der Waals surface area contributed by atoms with Crippen molar-refractivity contribution < 1.29 is 244 Å². The molecule has 0 bridgehead atoms. The van der Waals surface area contributed by atoms with Gasteiger partial charge in [-0.15, -0.1) is 60.3 Å². The second kappa shape index (κ2) is 68.2. The molecule has 15 heterocycles. The fourth-order valence-corrected chi connectivity index (χ4v) is 10.6. The van der Waals surface area contributed by atoms with Crippen molar-refractivity contribution in [1.29, 1.82) is 0 Å². The summed E-state index contributed by atoms with van der Waals surface area (Å²) in [6.07, 6.45) is 30.2. The molecule has 1 aliphatic heterocycles. The van der Waals surface area contributed by atoms with Crippen molar-refractivity contribution in [3.8, 4) is 90.2 Å². The van der Waals surface area contributed by atoms with Crippen LogP contribution in [0.25, 0.3) is 90.2 Å². The van der Waals surface area contributed by atoms with Crippen LogP contribution in [0.3, 0.4) is 0 Å². The first-order chi connectivity index (χ1) is 62.6. The Morgan fingerprint density at radius 2 is 0.848 bits per heavy atom. The molecule has 0 aliphatic carbocycles. The van der Waals surface area contributed by atoms with Crippen molar-refractivity contribution in [2.75, 3.05) is 0 Å². The second-order valence-corrected chi connectivity index (χ2v) is 25.8. The molecule has 727 valence electrons. The number of aryl methyl sites for hydroxylation is 2. The Morgan fingerprint density at radius 1 is 0.362 bits per heavy atom. The van der Waals surface area contributed by atoms with Crippen LogP contribution in [-0.4, -0.2) is 80.9 Å². The maximum absolute atomic E-state index is 13.4. The minimum absolute atomic E-state index is 0. The number of halogens is 12. The van der Waals surface area contributed by atoms with E-state index >= 15 is 0 Å². The van der Waals surface area contributed by atoms with Crippen LogP contribution in [0.15, 0.2) is 336 Å². The van der Waals surface area contributed by atoms with Crippen molar-refractivity contribution in [2.24, 2.45) is 0 Å². The number of benzene rings is 4. The van der Waals surface area contributed by atoms with E-state index in [4.69, 9.17) is 5.11 Å². The van der Waals surface area contributed by atoms with Crippen LogP contribution < -0.4 is 5.32 Å². The van der Waals surface area contributed by atoms with Crippen molar-refractivity contribution in [2.45, 2.75) is 19.8 Å². The summed E-state index contributed by atoms with van der Waals surface area (Å²) < 4.78 is 155. The Kier molecular flexibility index (Phi) is 61.9. The Bertz CT molecular complexity index is 6280. The molecule has 0 saturated heterocycles. The molecule has 0 spiro atoms. The van der Waals surface area contributed by atoms with E-state index in [1.165, 1.54) is 55.1 Å². The van der Waals surface area contributed by atoms with Gasteiger partial charge in [-0.05, 0) is 175 Å². The molecular weight excluding hydrogens is 3400 g/mol. The number of nitrogens with one attached hydrogen (secondary N) is 2. The number of carbonyl (C=O) groups is 1. The molecule has 4 aromatic carbocycles. The van der Waals surface area contributed by atoms with Gasteiger partial charge in [0.2, 0.25) is 0 Å². The molecule has 38 heteroatoms. The van der Waals surface area contributed by atoms with E-state index < -0.39 is 70.0 Å². The van der Waals surface area contributed by atoms with Gasteiger partial charge in [0, 0.05) is 283 Å². The molecule has 1 unspecified atom stereocenters. The Balaban J connectivity index is 0.000000764. The maximum atomic E-state index is 13.4. The zero-order valence-electron chi connectivity index (χ0n) is 70.6. The van der Waals surface area contributed by atoms with Gasteiger partial charge in [0.15, 0.2) is 0 Å². The normalized spacial score (nSPS) is 10.3. The quantitative estimate of drug-likeness (QED) is 0.0656. The number of nitrogens with zero attached hydrogens (tertiary/aromatic N) is 13. The molecule has 0 saturated carbocycles. The summed E-state index contributed by atoms with van der Waals surface area (Å²) in [4.78, 5) is 64.9. The third kappa shape index (κ3) is 42.4. The van der Waals surface area contributed by atoms with Crippen LogP contribution in [0.5, 0.6) is 0 Å². The zero-order chi connectivity index (χ0) is 91.5. The number of hydrogen-bond acceptors (Lipinski definition) is 15. The Hall–Kier alpha value is -10.9.